The second kappa shape index (κ2) is 10.9. The van der Waals surface area contributed by atoms with Crippen LogP contribution in [0, 0.1) is 0 Å². The highest BCUT2D eigenvalue weighted by Gasteiger charge is 2.24. The molecule has 0 radical (unpaired) electrons. The van der Waals surface area contributed by atoms with E-state index in [9.17, 15) is 14.4 Å². The van der Waals surface area contributed by atoms with Gasteiger partial charge in [-0.2, -0.15) is 11.3 Å². The van der Waals surface area contributed by atoms with Crippen LogP contribution in [0.5, 0.6) is 0 Å². The first-order valence-electron chi connectivity index (χ1n) is 10.3. The Bertz CT molecular complexity index is 844. The number of nitrogens with zero attached hydrogens (tertiary/aromatic N) is 1. The molecule has 0 aliphatic carbocycles. The van der Waals surface area contributed by atoms with Crippen LogP contribution in [0.2, 0.25) is 0 Å². The number of thiophene rings is 1. The SMILES string of the molecule is CC(=O)Nc1ccc(NC(=O)C(=O)NCC(c2ccsc2)N2CCCCCC2)cc1. The maximum Gasteiger partial charge on any atom is 0.313 e. The van der Waals surface area contributed by atoms with E-state index in [1.165, 1.54) is 25.3 Å². The average Bonchev–Trinajstić information content (AvgIpc) is 3.12. The van der Waals surface area contributed by atoms with Crippen LogP contribution in [0.25, 0.3) is 0 Å². The molecule has 8 heteroatoms. The summed E-state index contributed by atoms with van der Waals surface area (Å²) in [6.07, 6.45) is 4.79. The average molecular weight is 429 g/mol. The van der Waals surface area contributed by atoms with E-state index in [0.717, 1.165) is 25.9 Å². The Kier molecular flexibility index (Phi) is 7.98. The summed E-state index contributed by atoms with van der Waals surface area (Å²) >= 11 is 1.64. The molecule has 0 spiro atoms. The molecule has 1 saturated heterocycles. The third kappa shape index (κ3) is 6.40. The van der Waals surface area contributed by atoms with Crippen LogP contribution >= 0.6 is 11.3 Å². The topological polar surface area (TPSA) is 90.5 Å². The van der Waals surface area contributed by atoms with Gasteiger partial charge in [-0.25, -0.2) is 0 Å². The normalized spacial score (nSPS) is 15.6. The molecular weight excluding hydrogens is 400 g/mol. The number of rotatable bonds is 6. The molecule has 1 fully saturated rings. The predicted octanol–water partition coefficient (Wildman–Crippen LogP) is 3.38. The van der Waals surface area contributed by atoms with Gasteiger partial charge in [-0.1, -0.05) is 12.8 Å². The molecule has 30 heavy (non-hydrogen) atoms. The Morgan fingerprint density at radius 1 is 0.933 bits per heavy atom. The van der Waals surface area contributed by atoms with Gasteiger partial charge in [0.2, 0.25) is 5.91 Å². The Balaban J connectivity index is 1.56. The Morgan fingerprint density at radius 2 is 1.57 bits per heavy atom. The van der Waals surface area contributed by atoms with Crippen molar-refractivity contribution in [1.29, 1.82) is 0 Å². The van der Waals surface area contributed by atoms with E-state index in [1.807, 2.05) is 5.38 Å². The first-order chi connectivity index (χ1) is 14.5. The Hall–Kier alpha value is -2.71. The standard InChI is InChI=1S/C22H28N4O3S/c1-16(27)24-18-6-8-19(9-7-18)25-22(29)21(28)23-14-20(17-10-13-30-15-17)26-11-4-2-3-5-12-26/h6-10,13,15,20H,2-5,11-12,14H2,1H3,(H,23,28)(H,24,27)(H,25,29). The Morgan fingerprint density at radius 3 is 2.13 bits per heavy atom. The maximum absolute atomic E-state index is 12.4. The summed E-state index contributed by atoms with van der Waals surface area (Å²) < 4.78 is 0. The summed E-state index contributed by atoms with van der Waals surface area (Å²) in [5.74, 6) is -1.53. The van der Waals surface area contributed by atoms with Crippen LogP contribution in [0.4, 0.5) is 11.4 Å². The van der Waals surface area contributed by atoms with Gasteiger partial charge in [-0.05, 0) is 72.6 Å². The molecule has 2 heterocycles. The quantitative estimate of drug-likeness (QED) is 0.615. The maximum atomic E-state index is 12.4. The number of benzene rings is 1. The number of carbonyl (C=O) groups is 3. The molecule has 1 aromatic heterocycles. The van der Waals surface area contributed by atoms with Gasteiger partial charge in [0, 0.05) is 24.8 Å². The summed E-state index contributed by atoms with van der Waals surface area (Å²) in [5.41, 5.74) is 2.29. The molecule has 0 bridgehead atoms. The molecule has 3 rings (SSSR count). The lowest BCUT2D eigenvalue weighted by Crippen LogP contribution is -2.42. The van der Waals surface area contributed by atoms with Crippen LogP contribution in [0.1, 0.15) is 44.2 Å². The van der Waals surface area contributed by atoms with Crippen molar-refractivity contribution in [2.75, 3.05) is 30.3 Å². The van der Waals surface area contributed by atoms with Gasteiger partial charge in [0.1, 0.15) is 0 Å². The van der Waals surface area contributed by atoms with Crippen LogP contribution < -0.4 is 16.0 Å². The summed E-state index contributed by atoms with van der Waals surface area (Å²) in [6, 6.07) is 8.78. The molecule has 1 unspecified atom stereocenters. The minimum Gasteiger partial charge on any atom is -0.346 e. The van der Waals surface area contributed by atoms with Gasteiger partial charge in [0.25, 0.3) is 0 Å². The smallest absolute Gasteiger partial charge is 0.313 e. The highest BCUT2D eigenvalue weighted by atomic mass is 32.1. The fraction of sp³-hybridized carbons (Fsp3) is 0.409. The van der Waals surface area contributed by atoms with Crippen molar-refractivity contribution in [3.8, 4) is 0 Å². The van der Waals surface area contributed by atoms with Crippen LogP contribution in [-0.4, -0.2) is 42.3 Å². The Labute approximate surface area is 180 Å². The van der Waals surface area contributed by atoms with Gasteiger partial charge in [0.15, 0.2) is 0 Å². The zero-order valence-electron chi connectivity index (χ0n) is 17.1. The molecule has 1 aliphatic rings. The van der Waals surface area contributed by atoms with E-state index in [4.69, 9.17) is 0 Å². The van der Waals surface area contributed by atoms with E-state index < -0.39 is 11.8 Å². The fourth-order valence-corrected chi connectivity index (χ4v) is 4.33. The van der Waals surface area contributed by atoms with Crippen LogP contribution in [0.15, 0.2) is 41.1 Å². The molecule has 0 saturated carbocycles. The number of carbonyl (C=O) groups excluding carboxylic acids is 3. The molecule has 1 atom stereocenters. The van der Waals surface area contributed by atoms with E-state index in [1.54, 1.807) is 35.6 Å². The number of nitrogens with one attached hydrogen (secondary N) is 3. The zero-order chi connectivity index (χ0) is 21.3. The summed E-state index contributed by atoms with van der Waals surface area (Å²) in [6.45, 7) is 3.83. The van der Waals surface area contributed by atoms with Gasteiger partial charge in [-0.3, -0.25) is 19.3 Å². The minimum atomic E-state index is -0.706. The lowest BCUT2D eigenvalue weighted by Gasteiger charge is -2.30. The molecule has 1 aliphatic heterocycles. The first kappa shape index (κ1) is 22.0. The number of hydrogen-bond donors (Lipinski definition) is 3. The van der Waals surface area contributed by atoms with E-state index >= 15 is 0 Å². The second-order valence-electron chi connectivity index (χ2n) is 7.45. The van der Waals surface area contributed by atoms with Crippen LogP contribution in [0.3, 0.4) is 0 Å². The van der Waals surface area contributed by atoms with Gasteiger partial charge in [-0.15, -0.1) is 0 Å². The summed E-state index contributed by atoms with van der Waals surface area (Å²) in [5, 5.41) is 12.2. The lowest BCUT2D eigenvalue weighted by molar-refractivity contribution is -0.136. The zero-order valence-corrected chi connectivity index (χ0v) is 18.0. The van der Waals surface area contributed by atoms with Crippen molar-refractivity contribution in [2.24, 2.45) is 0 Å². The van der Waals surface area contributed by atoms with Crippen molar-refractivity contribution in [3.05, 3.63) is 46.7 Å². The van der Waals surface area contributed by atoms with Crippen molar-refractivity contribution in [2.45, 2.75) is 38.6 Å². The summed E-state index contributed by atoms with van der Waals surface area (Å²) in [7, 11) is 0. The number of amides is 3. The highest BCUT2D eigenvalue weighted by molar-refractivity contribution is 7.08. The molecule has 160 valence electrons. The van der Waals surface area contributed by atoms with Crippen molar-refractivity contribution in [1.82, 2.24) is 10.2 Å². The van der Waals surface area contributed by atoms with Crippen molar-refractivity contribution in [3.63, 3.8) is 0 Å². The molecule has 3 N–H and O–H groups in total. The minimum absolute atomic E-state index is 0.0723. The second-order valence-corrected chi connectivity index (χ2v) is 8.23. The fourth-order valence-electron chi connectivity index (χ4n) is 3.63. The third-order valence-electron chi connectivity index (χ3n) is 5.13. The van der Waals surface area contributed by atoms with E-state index in [-0.39, 0.29) is 11.9 Å². The van der Waals surface area contributed by atoms with Gasteiger partial charge in [0.05, 0.1) is 6.04 Å². The molecule has 7 nitrogen and oxygen atoms in total. The van der Waals surface area contributed by atoms with E-state index in [2.05, 4.69) is 32.3 Å². The molecule has 3 amide bonds. The van der Waals surface area contributed by atoms with Gasteiger partial charge < -0.3 is 16.0 Å². The van der Waals surface area contributed by atoms with Crippen LogP contribution in [-0.2, 0) is 14.4 Å². The first-order valence-corrected chi connectivity index (χ1v) is 11.2. The monoisotopic (exact) mass is 428 g/mol. The molecule has 1 aromatic carbocycles. The summed E-state index contributed by atoms with van der Waals surface area (Å²) in [4.78, 5) is 38.2. The number of hydrogen-bond acceptors (Lipinski definition) is 5. The molecule has 2 aromatic rings. The number of likely N-dealkylation sites (tertiary alicyclic amines) is 1. The predicted molar refractivity (Wildman–Crippen MR) is 119 cm³/mol. The third-order valence-corrected chi connectivity index (χ3v) is 5.84. The number of anilines is 2. The van der Waals surface area contributed by atoms with Crippen molar-refractivity contribution < 1.29 is 14.4 Å². The lowest BCUT2D eigenvalue weighted by atomic mass is 10.1. The van der Waals surface area contributed by atoms with E-state index in [0.29, 0.717) is 17.9 Å². The highest BCUT2D eigenvalue weighted by Crippen LogP contribution is 2.25. The largest absolute Gasteiger partial charge is 0.346 e. The van der Waals surface area contributed by atoms with Crippen molar-refractivity contribution >= 4 is 40.4 Å². The van der Waals surface area contributed by atoms with Gasteiger partial charge >= 0.3 is 11.8 Å². The molecular formula is C22H28N4O3S.